The second-order valence-electron chi connectivity index (χ2n) is 4.35. The van der Waals surface area contributed by atoms with E-state index in [4.69, 9.17) is 5.73 Å². The Morgan fingerprint density at radius 2 is 1.57 bits per heavy atom. The molecule has 0 rings (SSSR count). The van der Waals surface area contributed by atoms with E-state index in [1.807, 2.05) is 0 Å². The highest BCUT2D eigenvalue weighted by Crippen LogP contribution is 2.03. The van der Waals surface area contributed by atoms with Gasteiger partial charge in [0.25, 0.3) is 0 Å². The molecule has 0 heterocycles. The van der Waals surface area contributed by atoms with Gasteiger partial charge in [-0.3, -0.25) is 0 Å². The molecule has 1 unspecified atom stereocenters. The summed E-state index contributed by atoms with van der Waals surface area (Å²) in [5.74, 6) is 0.642. The van der Waals surface area contributed by atoms with E-state index < -0.39 is 0 Å². The zero-order valence-corrected chi connectivity index (χ0v) is 10.3. The van der Waals surface area contributed by atoms with Gasteiger partial charge in [0.1, 0.15) is 0 Å². The van der Waals surface area contributed by atoms with Crippen molar-refractivity contribution in [3.63, 3.8) is 0 Å². The normalized spacial score (nSPS) is 13.5. The molecule has 0 aliphatic rings. The molecule has 86 valence electrons. The lowest BCUT2D eigenvalue weighted by Gasteiger charge is -2.24. The van der Waals surface area contributed by atoms with Gasteiger partial charge in [0.05, 0.1) is 0 Å². The first-order valence-electron chi connectivity index (χ1n) is 6.16. The molecule has 0 saturated carbocycles. The van der Waals surface area contributed by atoms with Crippen molar-refractivity contribution in [2.45, 2.75) is 46.5 Å². The maximum absolute atomic E-state index is 5.65. The Hall–Kier alpha value is -0.0800. The SMILES string of the molecule is CCCCN(CCCC)CC(C)CN. The van der Waals surface area contributed by atoms with Crippen LogP contribution in [-0.4, -0.2) is 31.1 Å². The van der Waals surface area contributed by atoms with Crippen molar-refractivity contribution in [1.29, 1.82) is 0 Å². The summed E-state index contributed by atoms with van der Waals surface area (Å²) in [6.45, 7) is 11.2. The summed E-state index contributed by atoms with van der Waals surface area (Å²) in [5, 5.41) is 0. The van der Waals surface area contributed by atoms with Crippen molar-refractivity contribution >= 4 is 0 Å². The fraction of sp³-hybridized carbons (Fsp3) is 1.00. The number of nitrogens with two attached hydrogens (primary N) is 1. The minimum absolute atomic E-state index is 0.642. The van der Waals surface area contributed by atoms with E-state index in [9.17, 15) is 0 Å². The third-order valence-electron chi connectivity index (χ3n) is 2.63. The molecule has 0 saturated heterocycles. The largest absolute Gasteiger partial charge is 0.330 e. The maximum Gasteiger partial charge on any atom is 0.00191 e. The van der Waals surface area contributed by atoms with E-state index in [2.05, 4.69) is 25.7 Å². The molecule has 1 atom stereocenters. The fourth-order valence-electron chi connectivity index (χ4n) is 1.57. The van der Waals surface area contributed by atoms with Gasteiger partial charge >= 0.3 is 0 Å². The smallest absolute Gasteiger partial charge is 0.00191 e. The average Bonchev–Trinajstić information content (AvgIpc) is 2.21. The second-order valence-corrected chi connectivity index (χ2v) is 4.35. The molecule has 0 aliphatic heterocycles. The van der Waals surface area contributed by atoms with E-state index >= 15 is 0 Å². The molecule has 0 aromatic heterocycles. The second kappa shape index (κ2) is 9.47. The molecule has 2 heteroatoms. The lowest BCUT2D eigenvalue weighted by Crippen LogP contribution is -2.33. The van der Waals surface area contributed by atoms with Gasteiger partial charge < -0.3 is 10.6 Å². The van der Waals surface area contributed by atoms with E-state index in [0.717, 1.165) is 6.54 Å². The highest BCUT2D eigenvalue weighted by molar-refractivity contribution is 4.63. The Balaban J connectivity index is 3.71. The third-order valence-corrected chi connectivity index (χ3v) is 2.63. The van der Waals surface area contributed by atoms with Crippen LogP contribution in [0.25, 0.3) is 0 Å². The lowest BCUT2D eigenvalue weighted by atomic mass is 10.1. The molecular formula is C12H28N2. The fourth-order valence-corrected chi connectivity index (χ4v) is 1.57. The van der Waals surface area contributed by atoms with Crippen molar-refractivity contribution in [1.82, 2.24) is 4.90 Å². The minimum Gasteiger partial charge on any atom is -0.330 e. The van der Waals surface area contributed by atoms with Crippen LogP contribution in [0.15, 0.2) is 0 Å². The summed E-state index contributed by atoms with van der Waals surface area (Å²) >= 11 is 0. The molecule has 0 aromatic carbocycles. The summed E-state index contributed by atoms with van der Waals surface area (Å²) in [7, 11) is 0. The molecule has 0 aromatic rings. The summed E-state index contributed by atoms with van der Waals surface area (Å²) in [4.78, 5) is 2.57. The van der Waals surface area contributed by atoms with E-state index in [1.54, 1.807) is 0 Å². The predicted molar refractivity (Wildman–Crippen MR) is 64.5 cm³/mol. The highest BCUT2D eigenvalue weighted by atomic mass is 15.1. The first-order chi connectivity index (χ1) is 6.74. The van der Waals surface area contributed by atoms with Crippen LogP contribution in [0.2, 0.25) is 0 Å². The summed E-state index contributed by atoms with van der Waals surface area (Å²) < 4.78 is 0. The number of hydrogen-bond donors (Lipinski definition) is 1. The Bertz CT molecular complexity index is 107. The molecule has 0 radical (unpaired) electrons. The number of nitrogens with zero attached hydrogens (tertiary/aromatic N) is 1. The third kappa shape index (κ3) is 7.34. The van der Waals surface area contributed by atoms with Crippen LogP contribution in [-0.2, 0) is 0 Å². The predicted octanol–water partition coefficient (Wildman–Crippen LogP) is 2.48. The number of unbranched alkanes of at least 4 members (excludes halogenated alkanes) is 2. The summed E-state index contributed by atoms with van der Waals surface area (Å²) in [6.07, 6.45) is 5.22. The number of hydrogen-bond acceptors (Lipinski definition) is 2. The van der Waals surface area contributed by atoms with Gasteiger partial charge in [-0.2, -0.15) is 0 Å². The van der Waals surface area contributed by atoms with Crippen LogP contribution < -0.4 is 5.73 Å². The molecule has 2 N–H and O–H groups in total. The first-order valence-corrected chi connectivity index (χ1v) is 6.16. The molecule has 0 spiro atoms. The van der Waals surface area contributed by atoms with Crippen molar-refractivity contribution in [3.8, 4) is 0 Å². The van der Waals surface area contributed by atoms with Crippen molar-refractivity contribution in [3.05, 3.63) is 0 Å². The first kappa shape index (κ1) is 13.9. The van der Waals surface area contributed by atoms with Crippen molar-refractivity contribution in [2.24, 2.45) is 11.7 Å². The van der Waals surface area contributed by atoms with Crippen LogP contribution in [0, 0.1) is 5.92 Å². The Labute approximate surface area is 89.9 Å². The lowest BCUT2D eigenvalue weighted by molar-refractivity contribution is 0.233. The molecule has 0 fully saturated rings. The standard InChI is InChI=1S/C12H28N2/c1-4-6-8-14(9-7-5-2)11-12(3)10-13/h12H,4-11,13H2,1-3H3. The van der Waals surface area contributed by atoms with Crippen molar-refractivity contribution in [2.75, 3.05) is 26.2 Å². The van der Waals surface area contributed by atoms with E-state index in [0.29, 0.717) is 5.92 Å². The minimum atomic E-state index is 0.642. The van der Waals surface area contributed by atoms with Gasteiger partial charge in [-0.15, -0.1) is 0 Å². The van der Waals surface area contributed by atoms with Crippen LogP contribution in [0.3, 0.4) is 0 Å². The molecular weight excluding hydrogens is 172 g/mol. The molecule has 0 bridgehead atoms. The monoisotopic (exact) mass is 200 g/mol. The summed E-state index contributed by atoms with van der Waals surface area (Å²) in [5.41, 5.74) is 5.65. The van der Waals surface area contributed by atoms with Crippen molar-refractivity contribution < 1.29 is 0 Å². The number of rotatable bonds is 9. The molecule has 0 amide bonds. The van der Waals surface area contributed by atoms with Gasteiger partial charge in [-0.25, -0.2) is 0 Å². The van der Waals surface area contributed by atoms with Gasteiger partial charge in [-0.05, 0) is 38.4 Å². The summed E-state index contributed by atoms with van der Waals surface area (Å²) in [6, 6.07) is 0. The van der Waals surface area contributed by atoms with Crippen LogP contribution in [0.5, 0.6) is 0 Å². The van der Waals surface area contributed by atoms with Crippen LogP contribution in [0.4, 0.5) is 0 Å². The maximum atomic E-state index is 5.65. The highest BCUT2D eigenvalue weighted by Gasteiger charge is 2.07. The Kier molecular flexibility index (Phi) is 9.42. The van der Waals surface area contributed by atoms with Gasteiger partial charge in [0, 0.05) is 6.54 Å². The van der Waals surface area contributed by atoms with E-state index in [1.165, 1.54) is 45.3 Å². The molecule has 2 nitrogen and oxygen atoms in total. The quantitative estimate of drug-likeness (QED) is 0.619. The van der Waals surface area contributed by atoms with Crippen LogP contribution >= 0.6 is 0 Å². The zero-order valence-electron chi connectivity index (χ0n) is 10.3. The average molecular weight is 200 g/mol. The van der Waals surface area contributed by atoms with Gasteiger partial charge in [0.2, 0.25) is 0 Å². The van der Waals surface area contributed by atoms with Gasteiger partial charge in [-0.1, -0.05) is 33.6 Å². The topological polar surface area (TPSA) is 29.3 Å². The van der Waals surface area contributed by atoms with Gasteiger partial charge in [0.15, 0.2) is 0 Å². The zero-order chi connectivity index (χ0) is 10.8. The Morgan fingerprint density at radius 3 is 1.93 bits per heavy atom. The van der Waals surface area contributed by atoms with Crippen LogP contribution in [0.1, 0.15) is 46.5 Å². The van der Waals surface area contributed by atoms with E-state index in [-0.39, 0.29) is 0 Å². The molecule has 14 heavy (non-hydrogen) atoms. The Morgan fingerprint density at radius 1 is 1.07 bits per heavy atom. The molecule has 0 aliphatic carbocycles.